The number of hydrogen-bond acceptors (Lipinski definition) is 6. The van der Waals surface area contributed by atoms with Crippen LogP contribution in [0.5, 0.6) is 0 Å². The lowest BCUT2D eigenvalue weighted by Crippen LogP contribution is -2.57. The van der Waals surface area contributed by atoms with E-state index in [1.54, 1.807) is 25.2 Å². The Bertz CT molecular complexity index is 427. The van der Waals surface area contributed by atoms with Crippen LogP contribution < -0.4 is 5.32 Å². The zero-order valence-corrected chi connectivity index (χ0v) is 14.5. The first-order valence-electron chi connectivity index (χ1n) is 7.25. The number of rotatable bonds is 9. The summed E-state index contributed by atoms with van der Waals surface area (Å²) in [5.41, 5.74) is 1.55. The van der Waals surface area contributed by atoms with Crippen molar-refractivity contribution in [2.45, 2.75) is 58.3 Å². The topological polar surface area (TPSA) is 74.6 Å². The number of nitrogens with one attached hydrogen (secondary N) is 1. The van der Waals surface area contributed by atoms with Crippen LogP contribution in [0.25, 0.3) is 0 Å². The Morgan fingerprint density at radius 2 is 2.05 bits per heavy atom. The molecule has 122 valence electrons. The second-order valence-electron chi connectivity index (χ2n) is 6.40. The first kappa shape index (κ1) is 18.5. The Morgan fingerprint density at radius 3 is 2.57 bits per heavy atom. The molecule has 0 bridgehead atoms. The third-order valence-corrected chi connectivity index (χ3v) is 4.93. The molecule has 21 heavy (non-hydrogen) atoms. The van der Waals surface area contributed by atoms with Crippen LogP contribution in [-0.4, -0.2) is 52.2 Å². The highest BCUT2D eigenvalue weighted by atomic mass is 32.1. The highest BCUT2D eigenvalue weighted by Gasteiger charge is 2.34. The molecule has 1 rings (SSSR count). The number of β-amino-alcohol motifs (C(OH)–C–C–N with tert-alkyl or cyclic N) is 1. The average molecular weight is 316 g/mol. The molecule has 1 atom stereocenters. The number of aryl methyl sites for hydroxylation is 1. The summed E-state index contributed by atoms with van der Waals surface area (Å²) >= 11 is 1.63. The first-order valence-corrected chi connectivity index (χ1v) is 8.13. The van der Waals surface area contributed by atoms with Gasteiger partial charge in [0.15, 0.2) is 0 Å². The fourth-order valence-electron chi connectivity index (χ4n) is 1.60. The quantitative estimate of drug-likeness (QED) is 0.602. The van der Waals surface area contributed by atoms with Crippen LogP contribution in [0.4, 0.5) is 0 Å². The van der Waals surface area contributed by atoms with Gasteiger partial charge in [-0.15, -0.1) is 11.3 Å². The van der Waals surface area contributed by atoms with E-state index in [2.05, 4.69) is 10.3 Å². The Balaban J connectivity index is 2.20. The molecule has 0 aliphatic carbocycles. The minimum atomic E-state index is -0.864. The molecule has 0 radical (unpaired) electrons. The second-order valence-corrected chi connectivity index (χ2v) is 7.34. The molecule has 1 aromatic heterocycles. The van der Waals surface area contributed by atoms with Crippen molar-refractivity contribution in [2.24, 2.45) is 0 Å². The van der Waals surface area contributed by atoms with Crippen molar-refractivity contribution in [1.29, 1.82) is 0 Å². The Labute approximate surface area is 131 Å². The van der Waals surface area contributed by atoms with E-state index in [1.807, 2.05) is 26.3 Å². The summed E-state index contributed by atoms with van der Waals surface area (Å²) < 4.78 is 5.50. The predicted octanol–water partition coefficient (Wildman–Crippen LogP) is 1.51. The van der Waals surface area contributed by atoms with Gasteiger partial charge in [0.1, 0.15) is 0 Å². The third kappa shape index (κ3) is 6.00. The Kier molecular flexibility index (Phi) is 6.74. The lowest BCUT2D eigenvalue weighted by molar-refractivity contribution is -0.0175. The summed E-state index contributed by atoms with van der Waals surface area (Å²) in [5, 5.41) is 23.1. The molecule has 5 nitrogen and oxygen atoms in total. The summed E-state index contributed by atoms with van der Waals surface area (Å²) in [4.78, 5) is 5.42. The van der Waals surface area contributed by atoms with E-state index in [1.165, 1.54) is 4.88 Å². The highest BCUT2D eigenvalue weighted by Crippen LogP contribution is 2.20. The molecule has 6 heteroatoms. The lowest BCUT2D eigenvalue weighted by Gasteiger charge is -2.38. The molecular weight excluding hydrogens is 288 g/mol. The van der Waals surface area contributed by atoms with Crippen LogP contribution in [0.3, 0.4) is 0 Å². The molecule has 1 aromatic rings. The van der Waals surface area contributed by atoms with Gasteiger partial charge in [-0.05, 0) is 34.6 Å². The lowest BCUT2D eigenvalue weighted by atomic mass is 9.86. The number of aliphatic hydroxyl groups excluding tert-OH is 1. The van der Waals surface area contributed by atoms with Crippen LogP contribution >= 0.6 is 11.3 Å². The molecule has 0 aliphatic rings. The van der Waals surface area contributed by atoms with Crippen molar-refractivity contribution in [1.82, 2.24) is 10.3 Å². The highest BCUT2D eigenvalue weighted by molar-refractivity contribution is 7.09. The molecule has 0 spiro atoms. The normalized spacial score (nSPS) is 14.4. The maximum Gasteiger partial charge on any atom is 0.0897 e. The number of ether oxygens (including phenoxy) is 1. The molecule has 0 aromatic carbocycles. The maximum atomic E-state index is 10.0. The van der Waals surface area contributed by atoms with E-state index >= 15 is 0 Å². The van der Waals surface area contributed by atoms with Gasteiger partial charge in [-0.3, -0.25) is 0 Å². The fourth-order valence-corrected chi connectivity index (χ4v) is 2.36. The van der Waals surface area contributed by atoms with Crippen molar-refractivity contribution >= 4 is 11.3 Å². The van der Waals surface area contributed by atoms with Gasteiger partial charge < -0.3 is 20.3 Å². The summed E-state index contributed by atoms with van der Waals surface area (Å²) in [6, 6.07) is 0. The van der Waals surface area contributed by atoms with Crippen molar-refractivity contribution in [3.63, 3.8) is 0 Å². The first-order chi connectivity index (χ1) is 9.63. The summed E-state index contributed by atoms with van der Waals surface area (Å²) in [6.45, 7) is 10.6. The monoisotopic (exact) mass is 316 g/mol. The van der Waals surface area contributed by atoms with Gasteiger partial charge in [-0.25, -0.2) is 4.98 Å². The summed E-state index contributed by atoms with van der Waals surface area (Å²) in [5.74, 6) is 0. The molecule has 0 saturated carbocycles. The van der Waals surface area contributed by atoms with Crippen LogP contribution in [0.15, 0.2) is 5.51 Å². The van der Waals surface area contributed by atoms with Crippen molar-refractivity contribution in [2.75, 3.05) is 19.8 Å². The van der Waals surface area contributed by atoms with Gasteiger partial charge >= 0.3 is 0 Å². The van der Waals surface area contributed by atoms with Crippen LogP contribution in [0.1, 0.15) is 38.3 Å². The van der Waals surface area contributed by atoms with E-state index < -0.39 is 17.2 Å². The van der Waals surface area contributed by atoms with Crippen molar-refractivity contribution in [3.05, 3.63) is 16.1 Å². The fraction of sp³-hybridized carbons (Fsp3) is 0.800. The average Bonchev–Trinajstić information content (AvgIpc) is 2.76. The largest absolute Gasteiger partial charge is 0.389 e. The van der Waals surface area contributed by atoms with Crippen molar-refractivity contribution in [3.8, 4) is 0 Å². The standard InChI is InChI=1S/C15H28N2O3S/c1-11-13(21-10-16-11)6-7-20-9-12(18)8-17-14(2,3)15(4,5)19/h10,12,17-19H,6-9H2,1-5H3. The molecule has 0 saturated heterocycles. The summed E-state index contributed by atoms with van der Waals surface area (Å²) in [6.07, 6.45) is 0.236. The smallest absolute Gasteiger partial charge is 0.0897 e. The molecular formula is C15H28N2O3S. The van der Waals surface area contributed by atoms with Crippen LogP contribution in [0.2, 0.25) is 0 Å². The zero-order chi connectivity index (χ0) is 16.1. The van der Waals surface area contributed by atoms with E-state index in [4.69, 9.17) is 4.74 Å². The number of aromatic nitrogens is 1. The van der Waals surface area contributed by atoms with E-state index in [0.29, 0.717) is 13.2 Å². The SMILES string of the molecule is Cc1ncsc1CCOCC(O)CNC(C)(C)C(C)(C)O. The van der Waals surface area contributed by atoms with Gasteiger partial charge in [-0.2, -0.15) is 0 Å². The molecule has 1 heterocycles. The van der Waals surface area contributed by atoms with Gasteiger partial charge in [0.2, 0.25) is 0 Å². The van der Waals surface area contributed by atoms with Crippen LogP contribution in [0, 0.1) is 6.92 Å². The zero-order valence-electron chi connectivity index (χ0n) is 13.6. The second kappa shape index (κ2) is 7.65. The molecule has 0 fully saturated rings. The van der Waals surface area contributed by atoms with Crippen LogP contribution in [-0.2, 0) is 11.2 Å². The summed E-state index contributed by atoms with van der Waals surface area (Å²) in [7, 11) is 0. The van der Waals surface area contributed by atoms with Crippen molar-refractivity contribution < 1.29 is 14.9 Å². The molecule has 0 amide bonds. The van der Waals surface area contributed by atoms with Gasteiger partial charge in [0, 0.05) is 23.4 Å². The van der Waals surface area contributed by atoms with E-state index in [9.17, 15) is 10.2 Å². The van der Waals surface area contributed by atoms with E-state index in [0.717, 1.165) is 12.1 Å². The third-order valence-electron chi connectivity index (χ3n) is 3.94. The minimum absolute atomic E-state index is 0.285. The maximum absolute atomic E-state index is 10.0. The number of hydrogen-bond donors (Lipinski definition) is 3. The number of thiazole rings is 1. The number of aliphatic hydroxyl groups is 2. The number of nitrogens with zero attached hydrogens (tertiary/aromatic N) is 1. The van der Waals surface area contributed by atoms with E-state index in [-0.39, 0.29) is 6.61 Å². The molecule has 1 unspecified atom stereocenters. The Hall–Kier alpha value is -0.530. The molecule has 0 aliphatic heterocycles. The minimum Gasteiger partial charge on any atom is -0.389 e. The van der Waals surface area contributed by atoms with Gasteiger partial charge in [0.25, 0.3) is 0 Å². The Morgan fingerprint density at radius 1 is 1.38 bits per heavy atom. The predicted molar refractivity (Wildman–Crippen MR) is 85.8 cm³/mol. The molecule has 3 N–H and O–H groups in total. The van der Waals surface area contributed by atoms with Gasteiger partial charge in [-0.1, -0.05) is 0 Å². The van der Waals surface area contributed by atoms with Gasteiger partial charge in [0.05, 0.1) is 36.1 Å².